The molecule has 5 nitrogen and oxygen atoms in total. The van der Waals surface area contributed by atoms with E-state index in [1.807, 2.05) is 24.3 Å². The molecule has 0 spiro atoms. The molecule has 1 heterocycles. The maximum atomic E-state index is 12.9. The van der Waals surface area contributed by atoms with E-state index in [2.05, 4.69) is 32.9 Å². The van der Waals surface area contributed by atoms with Crippen LogP contribution in [0.1, 0.15) is 53.4 Å². The molecule has 0 unspecified atom stereocenters. The Balaban J connectivity index is 1.50. The van der Waals surface area contributed by atoms with E-state index in [0.29, 0.717) is 22.6 Å². The highest BCUT2D eigenvalue weighted by Gasteiger charge is 2.30. The molecule has 0 aliphatic carbocycles. The fourth-order valence-electron chi connectivity index (χ4n) is 3.78. The molecule has 0 bridgehead atoms. The lowest BCUT2D eigenvalue weighted by Gasteiger charge is -2.18. The van der Waals surface area contributed by atoms with E-state index in [4.69, 9.17) is 14.2 Å². The van der Waals surface area contributed by atoms with Crippen molar-refractivity contribution in [3.8, 4) is 17.2 Å². The van der Waals surface area contributed by atoms with Gasteiger partial charge in [0.15, 0.2) is 5.76 Å². The van der Waals surface area contributed by atoms with Crippen molar-refractivity contribution < 1.29 is 23.8 Å². The first-order chi connectivity index (χ1) is 16.2. The zero-order valence-electron chi connectivity index (χ0n) is 20.1. The lowest BCUT2D eigenvalue weighted by molar-refractivity contribution is -0.133. The molecule has 174 valence electrons. The van der Waals surface area contributed by atoms with Gasteiger partial charge in [0.2, 0.25) is 5.78 Å². The molecule has 0 amide bonds. The lowest BCUT2D eigenvalue weighted by atomic mass is 9.86. The highest BCUT2D eigenvalue weighted by Crippen LogP contribution is 2.39. The van der Waals surface area contributed by atoms with Crippen LogP contribution in [0, 0.1) is 6.92 Å². The van der Waals surface area contributed by atoms with Gasteiger partial charge in [0, 0.05) is 5.56 Å². The average Bonchev–Trinajstić information content (AvgIpc) is 3.12. The summed E-state index contributed by atoms with van der Waals surface area (Å²) in [5, 5.41) is 0. The summed E-state index contributed by atoms with van der Waals surface area (Å²) in [6.07, 6.45) is 1.86. The number of ether oxygens (including phenoxy) is 3. The summed E-state index contributed by atoms with van der Waals surface area (Å²) in [6.45, 7) is 8.25. The minimum absolute atomic E-state index is 0.0555. The zero-order valence-corrected chi connectivity index (χ0v) is 20.1. The van der Waals surface area contributed by atoms with E-state index in [1.165, 1.54) is 5.56 Å². The summed E-state index contributed by atoms with van der Waals surface area (Å²) in [7, 11) is 1.59. The molecule has 3 aromatic carbocycles. The Morgan fingerprint density at radius 3 is 2.26 bits per heavy atom. The quantitative estimate of drug-likeness (QED) is 0.265. The molecular formula is C29H28O5. The van der Waals surface area contributed by atoms with Crippen molar-refractivity contribution >= 4 is 17.8 Å². The number of hydrogen-bond donors (Lipinski definition) is 0. The molecule has 34 heavy (non-hydrogen) atoms. The second-order valence-electron chi connectivity index (χ2n) is 9.38. The first-order valence-corrected chi connectivity index (χ1v) is 11.2. The molecule has 0 fully saturated rings. The van der Waals surface area contributed by atoms with Gasteiger partial charge in [-0.2, -0.15) is 0 Å². The van der Waals surface area contributed by atoms with Crippen LogP contribution in [0.5, 0.6) is 17.2 Å². The number of esters is 1. The summed E-state index contributed by atoms with van der Waals surface area (Å²) in [5.41, 5.74) is 4.05. The minimum atomic E-state index is -0.396. The van der Waals surface area contributed by atoms with Crippen LogP contribution in [0.25, 0.3) is 6.08 Å². The van der Waals surface area contributed by atoms with Gasteiger partial charge in [-0.1, -0.05) is 57.2 Å². The van der Waals surface area contributed by atoms with Crippen LogP contribution < -0.4 is 14.2 Å². The fraction of sp³-hybridized carbons (Fsp3) is 0.241. The Labute approximate surface area is 200 Å². The number of Topliss-reactive ketones (excluding diaryl/α,β-unsaturated/α-hetero) is 1. The largest absolute Gasteiger partial charge is 0.497 e. The maximum Gasteiger partial charge on any atom is 0.315 e. The number of carbonyl (C=O) groups excluding carboxylic acids is 2. The van der Waals surface area contributed by atoms with Crippen LogP contribution in [0.15, 0.2) is 66.4 Å². The van der Waals surface area contributed by atoms with Gasteiger partial charge in [0.25, 0.3) is 0 Å². The molecule has 1 aliphatic rings. The number of rotatable bonds is 5. The highest BCUT2D eigenvalue weighted by molar-refractivity contribution is 6.15. The number of hydrogen-bond acceptors (Lipinski definition) is 5. The Kier molecular flexibility index (Phi) is 6.29. The molecule has 0 atom stereocenters. The Morgan fingerprint density at radius 2 is 1.65 bits per heavy atom. The van der Waals surface area contributed by atoms with E-state index in [9.17, 15) is 9.59 Å². The fourth-order valence-corrected chi connectivity index (χ4v) is 3.78. The summed E-state index contributed by atoms with van der Waals surface area (Å²) in [5.74, 6) is 1.20. The molecule has 0 aromatic heterocycles. The van der Waals surface area contributed by atoms with Gasteiger partial charge in [-0.3, -0.25) is 9.59 Å². The average molecular weight is 457 g/mol. The Morgan fingerprint density at radius 1 is 0.971 bits per heavy atom. The van der Waals surface area contributed by atoms with Crippen molar-refractivity contribution in [2.75, 3.05) is 7.11 Å². The van der Waals surface area contributed by atoms with Crippen molar-refractivity contribution in [1.29, 1.82) is 0 Å². The Bertz CT molecular complexity index is 1260. The van der Waals surface area contributed by atoms with E-state index < -0.39 is 5.97 Å². The van der Waals surface area contributed by atoms with Crippen molar-refractivity contribution in [2.45, 2.75) is 39.5 Å². The van der Waals surface area contributed by atoms with Crippen molar-refractivity contribution in [1.82, 2.24) is 0 Å². The zero-order chi connectivity index (χ0) is 24.5. The van der Waals surface area contributed by atoms with Gasteiger partial charge in [0.05, 0.1) is 19.1 Å². The second-order valence-corrected chi connectivity index (χ2v) is 9.38. The van der Waals surface area contributed by atoms with Crippen LogP contribution >= 0.6 is 0 Å². The SMILES string of the molecule is COc1ccc(CC(=O)Oc2ccc3c(c2C)O/C(=C\c2ccc(C(C)(C)C)cc2)C3=O)cc1. The summed E-state index contributed by atoms with van der Waals surface area (Å²) >= 11 is 0. The molecule has 0 saturated heterocycles. The maximum absolute atomic E-state index is 12.9. The van der Waals surface area contributed by atoms with Crippen LogP contribution in [-0.2, 0) is 16.6 Å². The van der Waals surface area contributed by atoms with Gasteiger partial charge in [-0.15, -0.1) is 0 Å². The molecule has 3 aromatic rings. The standard InChI is InChI=1S/C29H28O5/c1-18-24(33-26(30)17-20-8-12-22(32-5)13-9-20)15-14-23-27(31)25(34-28(18)23)16-19-6-10-21(11-7-19)29(2,3)4/h6-16H,17H2,1-5H3/b25-16-. The van der Waals surface area contributed by atoms with Crippen molar-refractivity contribution in [3.05, 3.63) is 94.2 Å². The van der Waals surface area contributed by atoms with Gasteiger partial charge < -0.3 is 14.2 Å². The van der Waals surface area contributed by atoms with Gasteiger partial charge >= 0.3 is 5.97 Å². The van der Waals surface area contributed by atoms with E-state index in [-0.39, 0.29) is 23.4 Å². The van der Waals surface area contributed by atoms with Crippen LogP contribution in [0.2, 0.25) is 0 Å². The number of allylic oxidation sites excluding steroid dienone is 1. The Hall–Kier alpha value is -3.86. The number of fused-ring (bicyclic) bond motifs is 1. The van der Waals surface area contributed by atoms with E-state index in [0.717, 1.165) is 16.9 Å². The first-order valence-electron chi connectivity index (χ1n) is 11.2. The van der Waals surface area contributed by atoms with Crippen LogP contribution in [0.3, 0.4) is 0 Å². The van der Waals surface area contributed by atoms with Gasteiger partial charge in [-0.05, 0) is 59.4 Å². The molecule has 5 heteroatoms. The molecule has 1 aliphatic heterocycles. The molecular weight excluding hydrogens is 428 g/mol. The molecule has 0 saturated carbocycles. The van der Waals surface area contributed by atoms with E-state index >= 15 is 0 Å². The lowest BCUT2D eigenvalue weighted by Crippen LogP contribution is -2.12. The number of ketones is 1. The summed E-state index contributed by atoms with van der Waals surface area (Å²) in [4.78, 5) is 25.4. The van der Waals surface area contributed by atoms with Crippen molar-refractivity contribution in [3.63, 3.8) is 0 Å². The van der Waals surface area contributed by atoms with Gasteiger partial charge in [0.1, 0.15) is 17.2 Å². The topological polar surface area (TPSA) is 61.8 Å². The van der Waals surface area contributed by atoms with E-state index in [1.54, 1.807) is 44.4 Å². The monoisotopic (exact) mass is 456 g/mol. The van der Waals surface area contributed by atoms with Crippen molar-refractivity contribution in [2.24, 2.45) is 0 Å². The molecule has 0 N–H and O–H groups in total. The number of methoxy groups -OCH3 is 1. The summed E-state index contributed by atoms with van der Waals surface area (Å²) < 4.78 is 16.6. The number of benzene rings is 3. The van der Waals surface area contributed by atoms with Crippen LogP contribution in [0.4, 0.5) is 0 Å². The summed E-state index contributed by atoms with van der Waals surface area (Å²) in [6, 6.07) is 18.6. The third kappa shape index (κ3) is 4.88. The second kappa shape index (κ2) is 9.18. The number of carbonyl (C=O) groups is 2. The van der Waals surface area contributed by atoms with Crippen LogP contribution in [-0.4, -0.2) is 18.9 Å². The first kappa shape index (κ1) is 23.3. The molecule has 0 radical (unpaired) electrons. The third-order valence-electron chi connectivity index (χ3n) is 5.84. The minimum Gasteiger partial charge on any atom is -0.497 e. The predicted molar refractivity (Wildman–Crippen MR) is 132 cm³/mol. The smallest absolute Gasteiger partial charge is 0.315 e. The van der Waals surface area contributed by atoms with Gasteiger partial charge in [-0.25, -0.2) is 0 Å². The molecule has 4 rings (SSSR count). The highest BCUT2D eigenvalue weighted by atomic mass is 16.5. The third-order valence-corrected chi connectivity index (χ3v) is 5.84. The predicted octanol–water partition coefficient (Wildman–Crippen LogP) is 6.07. The normalized spacial score (nSPS) is 14.0.